The number of rotatable bonds is 4. The summed E-state index contributed by atoms with van der Waals surface area (Å²) < 4.78 is 1.87. The van der Waals surface area contributed by atoms with E-state index in [9.17, 15) is 0 Å². The van der Waals surface area contributed by atoms with Gasteiger partial charge < -0.3 is 10.6 Å². The highest BCUT2D eigenvalue weighted by atomic mass is 15.3. The van der Waals surface area contributed by atoms with E-state index in [1.165, 1.54) is 0 Å². The molecule has 0 amide bonds. The normalized spacial score (nSPS) is 10.4. The highest BCUT2D eigenvalue weighted by molar-refractivity contribution is 4.97. The van der Waals surface area contributed by atoms with E-state index in [0.29, 0.717) is 0 Å². The molecule has 0 bridgehead atoms. The maximum Gasteiger partial charge on any atom is 0.0901 e. The zero-order chi connectivity index (χ0) is 8.10. The summed E-state index contributed by atoms with van der Waals surface area (Å²) in [6, 6.07) is 2.01. The number of nitrogens with one attached hydrogen (secondary N) is 2. The average molecular weight is 154 g/mol. The van der Waals surface area contributed by atoms with Crippen LogP contribution in [0.25, 0.3) is 0 Å². The largest absolute Gasteiger partial charge is 0.314 e. The topological polar surface area (TPSA) is 41.9 Å². The van der Waals surface area contributed by atoms with Crippen molar-refractivity contribution in [3.63, 3.8) is 0 Å². The molecule has 0 spiro atoms. The third kappa shape index (κ3) is 2.32. The second-order valence-electron chi connectivity index (χ2n) is 2.39. The minimum Gasteiger partial charge on any atom is -0.314 e. The van der Waals surface area contributed by atoms with Crippen molar-refractivity contribution >= 4 is 0 Å². The van der Waals surface area contributed by atoms with Crippen molar-refractivity contribution in [3.8, 4) is 0 Å². The highest BCUT2D eigenvalue weighted by Crippen LogP contribution is 1.92. The molecule has 0 saturated carbocycles. The van der Waals surface area contributed by atoms with Gasteiger partial charge in [0, 0.05) is 12.7 Å². The molecule has 62 valence electrons. The Bertz CT molecular complexity index is 185. The van der Waals surface area contributed by atoms with Gasteiger partial charge in [-0.05, 0) is 20.2 Å². The Morgan fingerprint density at radius 2 is 2.27 bits per heavy atom. The molecule has 0 saturated heterocycles. The number of hydrogen-bond acceptors (Lipinski definition) is 3. The predicted octanol–water partition coefficient (Wildman–Crippen LogP) is -0.221. The van der Waals surface area contributed by atoms with Crippen LogP contribution in [0, 0.1) is 0 Å². The molecule has 0 aliphatic rings. The SMILES string of the molecule is CNCc1ccn(CNC)n1. The lowest BCUT2D eigenvalue weighted by atomic mass is 10.4. The van der Waals surface area contributed by atoms with Crippen molar-refractivity contribution in [2.45, 2.75) is 13.2 Å². The Morgan fingerprint density at radius 1 is 1.45 bits per heavy atom. The van der Waals surface area contributed by atoms with Crippen molar-refractivity contribution in [1.82, 2.24) is 20.4 Å². The highest BCUT2D eigenvalue weighted by Gasteiger charge is 1.94. The lowest BCUT2D eigenvalue weighted by molar-refractivity contribution is 0.547. The van der Waals surface area contributed by atoms with Crippen LogP contribution in [-0.4, -0.2) is 23.9 Å². The summed E-state index contributed by atoms with van der Waals surface area (Å²) >= 11 is 0. The summed E-state index contributed by atoms with van der Waals surface area (Å²) in [5.74, 6) is 0. The Kier molecular flexibility index (Phi) is 3.07. The molecule has 0 radical (unpaired) electrons. The van der Waals surface area contributed by atoms with E-state index in [1.807, 2.05) is 31.0 Å². The summed E-state index contributed by atoms with van der Waals surface area (Å²) in [5.41, 5.74) is 1.07. The third-order valence-corrected chi connectivity index (χ3v) is 1.37. The van der Waals surface area contributed by atoms with Gasteiger partial charge in [-0.15, -0.1) is 0 Å². The summed E-state index contributed by atoms with van der Waals surface area (Å²) in [4.78, 5) is 0. The molecule has 2 N–H and O–H groups in total. The lowest BCUT2D eigenvalue weighted by Crippen LogP contribution is -2.14. The van der Waals surface area contributed by atoms with Gasteiger partial charge >= 0.3 is 0 Å². The first-order valence-corrected chi connectivity index (χ1v) is 3.68. The fraction of sp³-hybridized carbons (Fsp3) is 0.571. The molecule has 1 aromatic heterocycles. The van der Waals surface area contributed by atoms with E-state index in [4.69, 9.17) is 0 Å². The maximum absolute atomic E-state index is 4.28. The van der Waals surface area contributed by atoms with Gasteiger partial charge in [0.25, 0.3) is 0 Å². The molecule has 0 aliphatic carbocycles. The Morgan fingerprint density at radius 3 is 2.91 bits per heavy atom. The van der Waals surface area contributed by atoms with Crippen molar-refractivity contribution in [2.75, 3.05) is 14.1 Å². The quantitative estimate of drug-likeness (QED) is 0.630. The van der Waals surface area contributed by atoms with Crippen molar-refractivity contribution in [2.24, 2.45) is 0 Å². The Balaban J connectivity index is 2.51. The second kappa shape index (κ2) is 4.10. The van der Waals surface area contributed by atoms with Crippen molar-refractivity contribution in [1.29, 1.82) is 0 Å². The number of hydrogen-bond donors (Lipinski definition) is 2. The van der Waals surface area contributed by atoms with Gasteiger partial charge in [-0.25, -0.2) is 0 Å². The fourth-order valence-electron chi connectivity index (χ4n) is 0.929. The molecule has 0 aromatic carbocycles. The van der Waals surface area contributed by atoms with Crippen molar-refractivity contribution < 1.29 is 0 Å². The molecular weight excluding hydrogens is 140 g/mol. The van der Waals surface area contributed by atoms with E-state index < -0.39 is 0 Å². The lowest BCUT2D eigenvalue weighted by Gasteiger charge is -1.97. The molecular formula is C7H14N4. The first-order chi connectivity index (χ1) is 5.36. The minimum atomic E-state index is 0.768. The standard InChI is InChI=1S/C7H14N4/c1-8-5-7-3-4-11(10-7)6-9-2/h3-4,8-9H,5-6H2,1-2H3. The molecule has 0 unspecified atom stereocenters. The molecule has 1 aromatic rings. The van der Waals surface area contributed by atoms with Crippen LogP contribution in [0.5, 0.6) is 0 Å². The van der Waals surface area contributed by atoms with Crippen LogP contribution in [0.2, 0.25) is 0 Å². The summed E-state index contributed by atoms with van der Waals surface area (Å²) in [5, 5.41) is 10.3. The molecule has 0 atom stereocenters. The van der Waals surface area contributed by atoms with Gasteiger partial charge in [-0.2, -0.15) is 5.10 Å². The molecule has 0 fully saturated rings. The van der Waals surface area contributed by atoms with E-state index >= 15 is 0 Å². The van der Waals surface area contributed by atoms with E-state index in [2.05, 4.69) is 15.7 Å². The molecule has 0 aliphatic heterocycles. The molecule has 4 heteroatoms. The first kappa shape index (κ1) is 8.23. The van der Waals surface area contributed by atoms with E-state index in [0.717, 1.165) is 18.9 Å². The van der Waals surface area contributed by atoms with Crippen LogP contribution in [-0.2, 0) is 13.2 Å². The van der Waals surface area contributed by atoms with Crippen LogP contribution in [0.15, 0.2) is 12.3 Å². The van der Waals surface area contributed by atoms with Gasteiger partial charge in [-0.1, -0.05) is 0 Å². The van der Waals surface area contributed by atoms with Gasteiger partial charge in [0.05, 0.1) is 12.4 Å². The van der Waals surface area contributed by atoms with Crippen LogP contribution in [0.3, 0.4) is 0 Å². The van der Waals surface area contributed by atoms with E-state index in [1.54, 1.807) is 0 Å². The third-order valence-electron chi connectivity index (χ3n) is 1.37. The summed E-state index contributed by atoms with van der Waals surface area (Å²) in [7, 11) is 3.82. The van der Waals surface area contributed by atoms with Gasteiger partial charge in [0.2, 0.25) is 0 Å². The smallest absolute Gasteiger partial charge is 0.0901 e. The zero-order valence-corrected chi connectivity index (χ0v) is 6.96. The number of nitrogens with zero attached hydrogens (tertiary/aromatic N) is 2. The zero-order valence-electron chi connectivity index (χ0n) is 6.96. The van der Waals surface area contributed by atoms with E-state index in [-0.39, 0.29) is 0 Å². The van der Waals surface area contributed by atoms with Gasteiger partial charge in [0.1, 0.15) is 0 Å². The minimum absolute atomic E-state index is 0.768. The van der Waals surface area contributed by atoms with Crippen LogP contribution in [0.1, 0.15) is 5.69 Å². The Hall–Kier alpha value is -0.870. The second-order valence-corrected chi connectivity index (χ2v) is 2.39. The van der Waals surface area contributed by atoms with Gasteiger partial charge in [0.15, 0.2) is 0 Å². The molecule has 1 rings (SSSR count). The maximum atomic E-state index is 4.28. The number of aromatic nitrogens is 2. The average Bonchev–Trinajstić information content (AvgIpc) is 2.38. The summed E-state index contributed by atoms with van der Waals surface area (Å²) in [6.07, 6.45) is 1.96. The molecule has 11 heavy (non-hydrogen) atoms. The van der Waals surface area contributed by atoms with Crippen LogP contribution < -0.4 is 10.6 Å². The molecule has 4 nitrogen and oxygen atoms in total. The van der Waals surface area contributed by atoms with Crippen LogP contribution >= 0.6 is 0 Å². The van der Waals surface area contributed by atoms with Gasteiger partial charge in [-0.3, -0.25) is 4.68 Å². The summed E-state index contributed by atoms with van der Waals surface area (Å²) in [6.45, 7) is 1.60. The Labute approximate surface area is 66.6 Å². The first-order valence-electron chi connectivity index (χ1n) is 3.68. The van der Waals surface area contributed by atoms with Crippen molar-refractivity contribution in [3.05, 3.63) is 18.0 Å². The molecule has 1 heterocycles. The van der Waals surface area contributed by atoms with Crippen LogP contribution in [0.4, 0.5) is 0 Å². The predicted molar refractivity (Wildman–Crippen MR) is 44.1 cm³/mol. The monoisotopic (exact) mass is 154 g/mol. The fourth-order valence-corrected chi connectivity index (χ4v) is 0.929.